The van der Waals surface area contributed by atoms with Gasteiger partial charge in [0.2, 0.25) is 0 Å². The number of ether oxygens (including phenoxy) is 2. The summed E-state index contributed by atoms with van der Waals surface area (Å²) in [6.45, 7) is 0.168. The Kier molecular flexibility index (Phi) is 5.79. The molecule has 0 bridgehead atoms. The third kappa shape index (κ3) is 3.91. The van der Waals surface area contributed by atoms with E-state index in [9.17, 15) is 13.2 Å². The van der Waals surface area contributed by atoms with Crippen molar-refractivity contribution in [1.82, 2.24) is 9.55 Å². The van der Waals surface area contributed by atoms with Gasteiger partial charge in [0.1, 0.15) is 11.0 Å². The van der Waals surface area contributed by atoms with E-state index in [1.165, 1.54) is 38.5 Å². The molecule has 0 aliphatic carbocycles. The largest absolute Gasteiger partial charge is 0.496 e. The van der Waals surface area contributed by atoms with Crippen LogP contribution in [-0.2, 0) is 21.1 Å². The normalized spacial score (nSPS) is 12.4. The van der Waals surface area contributed by atoms with E-state index in [0.29, 0.717) is 11.3 Å². The average molecular weight is 400 g/mol. The standard InChI is InChI=1S/C20H20N2O5S/c1-26-18-6-4-3-5-17(18)19(13-22-12-11-21-14-22)28(24,25)16-9-7-15(8-10-16)20(23)27-2/h3-12,14,19H,13H2,1-2H3. The minimum absolute atomic E-state index is 0.108. The third-order valence-electron chi connectivity index (χ3n) is 4.40. The molecule has 3 rings (SSSR count). The molecule has 8 heteroatoms. The van der Waals surface area contributed by atoms with Gasteiger partial charge >= 0.3 is 5.97 Å². The van der Waals surface area contributed by atoms with Crippen molar-refractivity contribution >= 4 is 15.8 Å². The molecule has 28 heavy (non-hydrogen) atoms. The lowest BCUT2D eigenvalue weighted by Crippen LogP contribution is -2.20. The Labute approximate surface area is 163 Å². The summed E-state index contributed by atoms with van der Waals surface area (Å²) in [5.74, 6) is -0.0361. The number of carbonyl (C=O) groups excluding carboxylic acids is 1. The van der Waals surface area contributed by atoms with Crippen LogP contribution in [0.2, 0.25) is 0 Å². The molecule has 7 nitrogen and oxygen atoms in total. The van der Waals surface area contributed by atoms with Gasteiger partial charge in [-0.25, -0.2) is 18.2 Å². The van der Waals surface area contributed by atoms with E-state index in [-0.39, 0.29) is 17.0 Å². The van der Waals surface area contributed by atoms with Crippen LogP contribution in [-0.4, -0.2) is 38.2 Å². The predicted octanol–water partition coefficient (Wildman–Crippen LogP) is 2.89. The number of para-hydroxylation sites is 1. The van der Waals surface area contributed by atoms with Crippen LogP contribution in [0.5, 0.6) is 5.75 Å². The van der Waals surface area contributed by atoms with Crippen molar-refractivity contribution in [2.24, 2.45) is 0 Å². The van der Waals surface area contributed by atoms with E-state index in [0.717, 1.165) is 0 Å². The summed E-state index contributed by atoms with van der Waals surface area (Å²) < 4.78 is 38.7. The fraction of sp³-hybridized carbons (Fsp3) is 0.200. The number of aromatic nitrogens is 2. The Hall–Kier alpha value is -3.13. The number of rotatable bonds is 7. The maximum atomic E-state index is 13.5. The lowest BCUT2D eigenvalue weighted by Gasteiger charge is -2.21. The van der Waals surface area contributed by atoms with Gasteiger partial charge in [-0.3, -0.25) is 0 Å². The van der Waals surface area contributed by atoms with E-state index in [1.807, 2.05) is 0 Å². The lowest BCUT2D eigenvalue weighted by molar-refractivity contribution is 0.0600. The monoisotopic (exact) mass is 400 g/mol. The number of esters is 1. The Bertz CT molecular complexity index is 1040. The molecule has 0 spiro atoms. The average Bonchev–Trinajstić information content (AvgIpc) is 3.24. The fourth-order valence-corrected chi connectivity index (χ4v) is 4.69. The molecule has 0 aliphatic rings. The molecular weight excluding hydrogens is 380 g/mol. The first-order valence-corrected chi connectivity index (χ1v) is 10.0. The number of benzene rings is 2. The van der Waals surface area contributed by atoms with Crippen LogP contribution in [0.4, 0.5) is 0 Å². The smallest absolute Gasteiger partial charge is 0.337 e. The topological polar surface area (TPSA) is 87.5 Å². The molecule has 2 aromatic carbocycles. The maximum absolute atomic E-state index is 13.5. The highest BCUT2D eigenvalue weighted by molar-refractivity contribution is 7.91. The van der Waals surface area contributed by atoms with Crippen LogP contribution in [0.1, 0.15) is 21.2 Å². The number of hydrogen-bond donors (Lipinski definition) is 0. The van der Waals surface area contributed by atoms with E-state index in [4.69, 9.17) is 4.74 Å². The first-order valence-electron chi connectivity index (χ1n) is 8.48. The summed E-state index contributed by atoms with van der Waals surface area (Å²) in [6, 6.07) is 12.7. The molecule has 1 aromatic heterocycles. The van der Waals surface area contributed by atoms with E-state index < -0.39 is 21.1 Å². The number of sulfone groups is 1. The first kappa shape index (κ1) is 19.6. The van der Waals surface area contributed by atoms with E-state index in [2.05, 4.69) is 9.72 Å². The molecule has 1 atom stereocenters. The molecule has 0 saturated carbocycles. The van der Waals surface area contributed by atoms with Crippen LogP contribution in [0.25, 0.3) is 0 Å². The lowest BCUT2D eigenvalue weighted by atomic mass is 10.1. The van der Waals surface area contributed by atoms with E-state index in [1.54, 1.807) is 47.6 Å². The summed E-state index contributed by atoms with van der Waals surface area (Å²) in [5.41, 5.74) is 0.834. The number of hydrogen-bond acceptors (Lipinski definition) is 6. The van der Waals surface area contributed by atoms with Gasteiger partial charge in [-0.05, 0) is 30.3 Å². The van der Waals surface area contributed by atoms with Crippen LogP contribution < -0.4 is 4.74 Å². The zero-order chi connectivity index (χ0) is 20.1. The molecule has 146 valence electrons. The van der Waals surface area contributed by atoms with Crippen LogP contribution >= 0.6 is 0 Å². The molecule has 0 amide bonds. The molecule has 1 unspecified atom stereocenters. The number of nitrogens with zero attached hydrogens (tertiary/aromatic N) is 2. The van der Waals surface area contributed by atoms with Crippen molar-refractivity contribution in [1.29, 1.82) is 0 Å². The maximum Gasteiger partial charge on any atom is 0.337 e. The van der Waals surface area contributed by atoms with Gasteiger partial charge in [-0.15, -0.1) is 0 Å². The number of imidazole rings is 1. The molecule has 0 N–H and O–H groups in total. The van der Waals surface area contributed by atoms with Gasteiger partial charge in [0.25, 0.3) is 0 Å². The van der Waals surface area contributed by atoms with Crippen LogP contribution in [0, 0.1) is 0 Å². The zero-order valence-electron chi connectivity index (χ0n) is 15.5. The van der Waals surface area contributed by atoms with Crippen molar-refractivity contribution in [3.05, 3.63) is 78.4 Å². The first-order chi connectivity index (χ1) is 13.5. The van der Waals surface area contributed by atoms with Crippen molar-refractivity contribution in [3.63, 3.8) is 0 Å². The number of carbonyl (C=O) groups is 1. The SMILES string of the molecule is COC(=O)c1ccc(S(=O)(=O)C(Cn2ccnc2)c2ccccc2OC)cc1. The van der Waals surface area contributed by atoms with Gasteiger partial charge in [-0.2, -0.15) is 0 Å². The molecule has 1 heterocycles. The summed E-state index contributed by atoms with van der Waals surface area (Å²) in [5, 5.41) is -0.901. The van der Waals surface area contributed by atoms with Gasteiger partial charge in [0, 0.05) is 24.5 Å². The van der Waals surface area contributed by atoms with E-state index >= 15 is 0 Å². The summed E-state index contributed by atoms with van der Waals surface area (Å²) in [7, 11) is -1.01. The third-order valence-corrected chi connectivity index (χ3v) is 6.48. The Morgan fingerprint density at radius 2 is 1.82 bits per heavy atom. The molecule has 0 aliphatic heterocycles. The zero-order valence-corrected chi connectivity index (χ0v) is 16.3. The van der Waals surface area contributed by atoms with Gasteiger partial charge in [-0.1, -0.05) is 18.2 Å². The predicted molar refractivity (Wildman–Crippen MR) is 103 cm³/mol. The second-order valence-electron chi connectivity index (χ2n) is 6.05. The Balaban J connectivity index is 2.06. The van der Waals surface area contributed by atoms with Gasteiger partial charge in [0.15, 0.2) is 9.84 Å². The summed E-state index contributed by atoms with van der Waals surface area (Å²) in [6.07, 6.45) is 4.87. The molecular formula is C20H20N2O5S. The summed E-state index contributed by atoms with van der Waals surface area (Å²) >= 11 is 0. The molecule has 0 radical (unpaired) electrons. The fourth-order valence-electron chi connectivity index (χ4n) is 2.95. The highest BCUT2D eigenvalue weighted by Crippen LogP contribution is 2.35. The second kappa shape index (κ2) is 8.26. The molecule has 3 aromatic rings. The highest BCUT2D eigenvalue weighted by Gasteiger charge is 2.32. The Morgan fingerprint density at radius 3 is 2.43 bits per heavy atom. The second-order valence-corrected chi connectivity index (χ2v) is 8.18. The molecule has 0 fully saturated rings. The summed E-state index contributed by atoms with van der Waals surface area (Å²) in [4.78, 5) is 15.7. The minimum Gasteiger partial charge on any atom is -0.496 e. The van der Waals surface area contributed by atoms with Crippen molar-refractivity contribution in [3.8, 4) is 5.75 Å². The van der Waals surface area contributed by atoms with Crippen LogP contribution in [0.3, 0.4) is 0 Å². The van der Waals surface area contributed by atoms with Crippen LogP contribution in [0.15, 0.2) is 72.1 Å². The Morgan fingerprint density at radius 1 is 1.11 bits per heavy atom. The van der Waals surface area contributed by atoms with Gasteiger partial charge in [0.05, 0.1) is 31.0 Å². The van der Waals surface area contributed by atoms with Gasteiger partial charge < -0.3 is 14.0 Å². The molecule has 0 saturated heterocycles. The highest BCUT2D eigenvalue weighted by atomic mass is 32.2. The van der Waals surface area contributed by atoms with Crippen molar-refractivity contribution in [2.45, 2.75) is 16.7 Å². The number of methoxy groups -OCH3 is 2. The van der Waals surface area contributed by atoms with Crippen molar-refractivity contribution in [2.75, 3.05) is 14.2 Å². The quantitative estimate of drug-likeness (QED) is 0.567. The van der Waals surface area contributed by atoms with Crippen molar-refractivity contribution < 1.29 is 22.7 Å². The minimum atomic E-state index is -3.79.